The second-order valence-electron chi connectivity index (χ2n) is 4.06. The van der Waals surface area contributed by atoms with E-state index in [4.69, 9.17) is 16.3 Å². The number of halogens is 1. The van der Waals surface area contributed by atoms with E-state index in [2.05, 4.69) is 21.9 Å². The molecule has 0 saturated carbocycles. The highest BCUT2D eigenvalue weighted by atomic mass is 35.5. The quantitative estimate of drug-likeness (QED) is 0.783. The molecule has 18 heavy (non-hydrogen) atoms. The second-order valence-corrected chi connectivity index (χ2v) is 5.70. The van der Waals surface area contributed by atoms with Gasteiger partial charge in [-0.15, -0.1) is 11.6 Å². The molecule has 0 aliphatic rings. The zero-order valence-electron chi connectivity index (χ0n) is 10.8. The summed E-state index contributed by atoms with van der Waals surface area (Å²) in [4.78, 5) is 4.63. The molecule has 3 nitrogen and oxygen atoms in total. The minimum atomic E-state index is -0.107. The summed E-state index contributed by atoms with van der Waals surface area (Å²) < 4.78 is 7.54. The summed E-state index contributed by atoms with van der Waals surface area (Å²) in [6, 6.07) is 5.98. The van der Waals surface area contributed by atoms with Crippen LogP contribution in [0.25, 0.3) is 11.0 Å². The van der Waals surface area contributed by atoms with Crippen molar-refractivity contribution < 1.29 is 4.74 Å². The number of imidazole rings is 1. The molecule has 2 aromatic rings. The van der Waals surface area contributed by atoms with E-state index >= 15 is 0 Å². The molecule has 0 N–H and O–H groups in total. The number of para-hydroxylation sites is 1. The van der Waals surface area contributed by atoms with Crippen LogP contribution in [0.5, 0.6) is 5.75 Å². The topological polar surface area (TPSA) is 27.1 Å². The zero-order valence-corrected chi connectivity index (χ0v) is 12.4. The van der Waals surface area contributed by atoms with Gasteiger partial charge >= 0.3 is 0 Å². The van der Waals surface area contributed by atoms with Crippen molar-refractivity contribution in [2.24, 2.45) is 0 Å². The fraction of sp³-hybridized carbons (Fsp3) is 0.462. The Bertz CT molecular complexity index is 539. The zero-order chi connectivity index (χ0) is 13.1. The molecule has 0 aliphatic carbocycles. The Balaban J connectivity index is 2.59. The van der Waals surface area contributed by atoms with E-state index in [1.165, 1.54) is 0 Å². The van der Waals surface area contributed by atoms with Gasteiger partial charge in [-0.1, -0.05) is 6.07 Å². The molecule has 1 aromatic carbocycles. The van der Waals surface area contributed by atoms with Gasteiger partial charge in [-0.2, -0.15) is 11.8 Å². The molecule has 2 rings (SSSR count). The van der Waals surface area contributed by atoms with Crippen LogP contribution in [0.3, 0.4) is 0 Å². The number of rotatable bonds is 5. The maximum Gasteiger partial charge on any atom is 0.146 e. The Morgan fingerprint density at radius 1 is 1.50 bits per heavy atom. The first-order valence-corrected chi connectivity index (χ1v) is 7.68. The van der Waals surface area contributed by atoms with Crippen molar-refractivity contribution in [1.29, 1.82) is 0 Å². The second kappa shape index (κ2) is 5.85. The summed E-state index contributed by atoms with van der Waals surface area (Å²) in [6.07, 6.45) is 2.10. The van der Waals surface area contributed by atoms with Gasteiger partial charge in [0.1, 0.15) is 17.1 Å². The van der Waals surface area contributed by atoms with Crippen LogP contribution in [0, 0.1) is 0 Å². The smallest absolute Gasteiger partial charge is 0.146 e. The maximum absolute atomic E-state index is 6.22. The van der Waals surface area contributed by atoms with Gasteiger partial charge < -0.3 is 9.30 Å². The number of hydrogen-bond acceptors (Lipinski definition) is 3. The highest BCUT2D eigenvalue weighted by molar-refractivity contribution is 7.98. The van der Waals surface area contributed by atoms with Crippen molar-refractivity contribution in [3.8, 4) is 5.75 Å². The molecule has 0 amide bonds. The molecule has 0 aliphatic heterocycles. The Morgan fingerprint density at radius 2 is 2.28 bits per heavy atom. The number of thioether (sulfide) groups is 1. The minimum absolute atomic E-state index is 0.107. The standard InChI is InChI=1S/C13H17ClN2OS/c1-9(14)13-15-12-10(16(13)7-8-18-3)5-4-6-11(12)17-2/h4-6,9H,7-8H2,1-3H3. The predicted octanol–water partition coefficient (Wildman–Crippen LogP) is 3.71. The molecule has 1 unspecified atom stereocenters. The van der Waals surface area contributed by atoms with Crippen molar-refractivity contribution in [3.05, 3.63) is 24.0 Å². The molecular formula is C13H17ClN2OS. The third-order valence-electron chi connectivity index (χ3n) is 2.87. The first-order chi connectivity index (χ1) is 8.69. The Labute approximate surface area is 116 Å². The molecule has 0 fully saturated rings. The summed E-state index contributed by atoms with van der Waals surface area (Å²) in [6.45, 7) is 2.86. The molecular weight excluding hydrogens is 268 g/mol. The number of aryl methyl sites for hydroxylation is 1. The van der Waals surface area contributed by atoms with Gasteiger partial charge in [0.05, 0.1) is 18.0 Å². The van der Waals surface area contributed by atoms with Gasteiger partial charge in [0.15, 0.2) is 0 Å². The average Bonchev–Trinajstić information content (AvgIpc) is 2.75. The molecule has 98 valence electrons. The summed E-state index contributed by atoms with van der Waals surface area (Å²) >= 11 is 8.04. The van der Waals surface area contributed by atoms with Gasteiger partial charge in [-0.05, 0) is 25.3 Å². The number of aromatic nitrogens is 2. The Morgan fingerprint density at radius 3 is 2.89 bits per heavy atom. The van der Waals surface area contributed by atoms with Crippen LogP contribution in [0.4, 0.5) is 0 Å². The van der Waals surface area contributed by atoms with E-state index < -0.39 is 0 Å². The molecule has 0 spiro atoms. The third kappa shape index (κ3) is 2.45. The van der Waals surface area contributed by atoms with Crippen LogP contribution in [-0.4, -0.2) is 28.7 Å². The number of benzene rings is 1. The van der Waals surface area contributed by atoms with Crippen LogP contribution in [0.15, 0.2) is 18.2 Å². The molecule has 0 bridgehead atoms. The van der Waals surface area contributed by atoms with E-state index in [0.29, 0.717) is 0 Å². The minimum Gasteiger partial charge on any atom is -0.494 e. The molecule has 1 heterocycles. The fourth-order valence-electron chi connectivity index (χ4n) is 2.03. The van der Waals surface area contributed by atoms with Gasteiger partial charge in [-0.25, -0.2) is 4.98 Å². The van der Waals surface area contributed by atoms with E-state index in [1.54, 1.807) is 7.11 Å². The van der Waals surface area contributed by atoms with Crippen molar-refractivity contribution in [2.45, 2.75) is 18.8 Å². The number of nitrogens with zero attached hydrogens (tertiary/aromatic N) is 2. The van der Waals surface area contributed by atoms with Crippen LogP contribution in [-0.2, 0) is 6.54 Å². The summed E-state index contributed by atoms with van der Waals surface area (Å²) in [7, 11) is 1.67. The predicted molar refractivity (Wildman–Crippen MR) is 78.9 cm³/mol. The number of fused-ring (bicyclic) bond motifs is 1. The Kier molecular flexibility index (Phi) is 4.40. The molecule has 0 radical (unpaired) electrons. The summed E-state index contributed by atoms with van der Waals surface area (Å²) in [5.74, 6) is 2.75. The van der Waals surface area contributed by atoms with E-state index in [0.717, 1.165) is 34.9 Å². The SMILES string of the molecule is COc1cccc2c1nc(C(C)Cl)n2CCSC. The lowest BCUT2D eigenvalue weighted by atomic mass is 10.3. The highest BCUT2D eigenvalue weighted by Crippen LogP contribution is 2.30. The molecule has 1 atom stereocenters. The lowest BCUT2D eigenvalue weighted by molar-refractivity contribution is 0.419. The van der Waals surface area contributed by atoms with E-state index in [9.17, 15) is 0 Å². The highest BCUT2D eigenvalue weighted by Gasteiger charge is 2.16. The van der Waals surface area contributed by atoms with Crippen molar-refractivity contribution >= 4 is 34.4 Å². The van der Waals surface area contributed by atoms with Crippen LogP contribution in [0.1, 0.15) is 18.1 Å². The van der Waals surface area contributed by atoms with E-state index in [-0.39, 0.29) is 5.38 Å². The molecule has 0 saturated heterocycles. The fourth-order valence-corrected chi connectivity index (χ4v) is 2.56. The van der Waals surface area contributed by atoms with Crippen LogP contribution >= 0.6 is 23.4 Å². The summed E-state index contributed by atoms with van der Waals surface area (Å²) in [5.41, 5.74) is 1.98. The number of methoxy groups -OCH3 is 1. The van der Waals surface area contributed by atoms with Gasteiger partial charge in [0.25, 0.3) is 0 Å². The Hall–Kier alpha value is -0.870. The van der Waals surface area contributed by atoms with Gasteiger partial charge in [0.2, 0.25) is 0 Å². The van der Waals surface area contributed by atoms with Crippen molar-refractivity contribution in [1.82, 2.24) is 9.55 Å². The largest absolute Gasteiger partial charge is 0.494 e. The summed E-state index contributed by atoms with van der Waals surface area (Å²) in [5, 5.41) is -0.107. The normalized spacial score (nSPS) is 12.9. The monoisotopic (exact) mass is 284 g/mol. The molecule has 1 aromatic heterocycles. The lowest BCUT2D eigenvalue weighted by Crippen LogP contribution is -2.06. The average molecular weight is 285 g/mol. The first kappa shape index (κ1) is 13.6. The van der Waals surface area contributed by atoms with Crippen molar-refractivity contribution in [2.75, 3.05) is 19.1 Å². The van der Waals surface area contributed by atoms with Crippen molar-refractivity contribution in [3.63, 3.8) is 0 Å². The molecule has 5 heteroatoms. The first-order valence-electron chi connectivity index (χ1n) is 5.85. The third-order valence-corrected chi connectivity index (χ3v) is 3.65. The number of alkyl halides is 1. The van der Waals surface area contributed by atoms with E-state index in [1.807, 2.05) is 30.8 Å². The van der Waals surface area contributed by atoms with Gasteiger partial charge in [0, 0.05) is 12.3 Å². The van der Waals surface area contributed by atoms with Crippen LogP contribution in [0.2, 0.25) is 0 Å². The number of hydrogen-bond donors (Lipinski definition) is 0. The maximum atomic E-state index is 6.22. The number of ether oxygens (including phenoxy) is 1. The van der Waals surface area contributed by atoms with Crippen LogP contribution < -0.4 is 4.74 Å². The van der Waals surface area contributed by atoms with Gasteiger partial charge in [-0.3, -0.25) is 0 Å². The lowest BCUT2D eigenvalue weighted by Gasteiger charge is -2.09.